The standard InChI is InChI=1S/C19H27N3OS/c1-5-20-18(21-13-15-8-10-16(23-4)11-9-15)22-14-19(2,3)17-7-6-12-24-17/h6-12H,5,13-14H2,1-4H3,(H2,20,21,22). The third-order valence-corrected chi connectivity index (χ3v) is 5.04. The lowest BCUT2D eigenvalue weighted by Gasteiger charge is -2.25. The zero-order valence-corrected chi connectivity index (χ0v) is 15.7. The summed E-state index contributed by atoms with van der Waals surface area (Å²) in [6.45, 7) is 8.89. The Morgan fingerprint density at radius 2 is 1.92 bits per heavy atom. The van der Waals surface area contributed by atoms with Gasteiger partial charge in [-0.25, -0.2) is 4.99 Å². The molecular weight excluding hydrogens is 318 g/mol. The van der Waals surface area contributed by atoms with Gasteiger partial charge in [-0.2, -0.15) is 0 Å². The van der Waals surface area contributed by atoms with E-state index in [1.54, 1.807) is 18.4 Å². The van der Waals surface area contributed by atoms with E-state index >= 15 is 0 Å². The molecule has 130 valence electrons. The number of hydrogen-bond donors (Lipinski definition) is 2. The topological polar surface area (TPSA) is 45.7 Å². The van der Waals surface area contributed by atoms with E-state index in [2.05, 4.69) is 53.9 Å². The number of aliphatic imine (C=N–C) groups is 1. The van der Waals surface area contributed by atoms with E-state index in [9.17, 15) is 0 Å². The molecule has 2 aromatic rings. The van der Waals surface area contributed by atoms with E-state index in [1.165, 1.54) is 4.88 Å². The molecule has 0 spiro atoms. The van der Waals surface area contributed by atoms with E-state index in [1.807, 2.05) is 24.3 Å². The first-order chi connectivity index (χ1) is 11.5. The van der Waals surface area contributed by atoms with Gasteiger partial charge >= 0.3 is 0 Å². The van der Waals surface area contributed by atoms with Crippen molar-refractivity contribution >= 4 is 17.3 Å². The smallest absolute Gasteiger partial charge is 0.191 e. The average Bonchev–Trinajstić information content (AvgIpc) is 3.13. The number of benzene rings is 1. The van der Waals surface area contributed by atoms with Gasteiger partial charge in [-0.05, 0) is 36.1 Å². The predicted octanol–water partition coefficient (Wildman–Crippen LogP) is 3.79. The van der Waals surface area contributed by atoms with E-state index in [-0.39, 0.29) is 5.41 Å². The van der Waals surface area contributed by atoms with Crippen molar-refractivity contribution in [2.75, 3.05) is 20.2 Å². The van der Waals surface area contributed by atoms with Crippen LogP contribution in [0.15, 0.2) is 46.8 Å². The Labute approximate surface area is 149 Å². The van der Waals surface area contributed by atoms with Gasteiger partial charge in [0.2, 0.25) is 0 Å². The van der Waals surface area contributed by atoms with E-state index < -0.39 is 0 Å². The maximum Gasteiger partial charge on any atom is 0.191 e. The largest absolute Gasteiger partial charge is 0.497 e. The second-order valence-electron chi connectivity index (χ2n) is 6.26. The molecule has 0 unspecified atom stereocenters. The third kappa shape index (κ3) is 5.27. The van der Waals surface area contributed by atoms with Gasteiger partial charge in [-0.15, -0.1) is 11.3 Å². The number of nitrogens with zero attached hydrogens (tertiary/aromatic N) is 1. The fraction of sp³-hybridized carbons (Fsp3) is 0.421. The van der Waals surface area contributed by atoms with Crippen molar-refractivity contribution in [3.8, 4) is 5.75 Å². The molecule has 0 amide bonds. The number of nitrogens with one attached hydrogen (secondary N) is 2. The fourth-order valence-electron chi connectivity index (χ4n) is 2.30. The molecule has 0 atom stereocenters. The minimum Gasteiger partial charge on any atom is -0.497 e. The lowest BCUT2D eigenvalue weighted by atomic mass is 9.91. The number of ether oxygens (including phenoxy) is 1. The molecule has 2 N–H and O–H groups in total. The van der Waals surface area contributed by atoms with Crippen molar-refractivity contribution in [2.45, 2.75) is 32.7 Å². The highest BCUT2D eigenvalue weighted by Gasteiger charge is 2.21. The molecule has 1 heterocycles. The van der Waals surface area contributed by atoms with Crippen LogP contribution in [0.25, 0.3) is 0 Å². The van der Waals surface area contributed by atoms with Gasteiger partial charge in [0.05, 0.1) is 13.7 Å². The zero-order valence-electron chi connectivity index (χ0n) is 14.9. The first kappa shape index (κ1) is 18.3. The summed E-state index contributed by atoms with van der Waals surface area (Å²) in [6.07, 6.45) is 0. The SMILES string of the molecule is CCNC(=NCc1ccc(OC)cc1)NCC(C)(C)c1cccs1. The van der Waals surface area contributed by atoms with E-state index in [4.69, 9.17) is 4.74 Å². The van der Waals surface area contributed by atoms with Crippen LogP contribution in [-0.2, 0) is 12.0 Å². The van der Waals surface area contributed by atoms with Crippen LogP contribution in [0, 0.1) is 0 Å². The van der Waals surface area contributed by atoms with Crippen molar-refractivity contribution in [3.05, 3.63) is 52.2 Å². The molecule has 1 aromatic carbocycles. The predicted molar refractivity (Wildman–Crippen MR) is 103 cm³/mol. The lowest BCUT2D eigenvalue weighted by molar-refractivity contribution is 0.414. The van der Waals surface area contributed by atoms with Crippen molar-refractivity contribution in [1.29, 1.82) is 0 Å². The summed E-state index contributed by atoms with van der Waals surface area (Å²) in [5, 5.41) is 8.90. The normalized spacial score (nSPS) is 12.1. The van der Waals surface area contributed by atoms with Gasteiger partial charge in [0.1, 0.15) is 5.75 Å². The third-order valence-electron chi connectivity index (χ3n) is 3.81. The fourth-order valence-corrected chi connectivity index (χ4v) is 3.15. The Kier molecular flexibility index (Phi) is 6.67. The van der Waals surface area contributed by atoms with Gasteiger partial charge in [0, 0.05) is 23.4 Å². The van der Waals surface area contributed by atoms with Crippen LogP contribution in [0.5, 0.6) is 5.75 Å². The second-order valence-corrected chi connectivity index (χ2v) is 7.21. The summed E-state index contributed by atoms with van der Waals surface area (Å²) in [5.74, 6) is 1.71. The Bertz CT molecular complexity index is 633. The van der Waals surface area contributed by atoms with E-state index in [0.29, 0.717) is 6.54 Å². The minimum absolute atomic E-state index is 0.0739. The Hall–Kier alpha value is -2.01. The molecule has 4 nitrogen and oxygen atoms in total. The van der Waals surface area contributed by atoms with Crippen molar-refractivity contribution in [1.82, 2.24) is 10.6 Å². The molecule has 0 saturated heterocycles. The van der Waals surface area contributed by atoms with Gasteiger partial charge in [0.25, 0.3) is 0 Å². The zero-order chi connectivity index (χ0) is 17.4. The molecule has 5 heteroatoms. The van der Waals surface area contributed by atoms with Crippen LogP contribution in [0.4, 0.5) is 0 Å². The molecule has 2 rings (SSSR count). The number of hydrogen-bond acceptors (Lipinski definition) is 3. The summed E-state index contributed by atoms with van der Waals surface area (Å²) < 4.78 is 5.19. The monoisotopic (exact) mass is 345 g/mol. The minimum atomic E-state index is 0.0739. The molecule has 0 fully saturated rings. The first-order valence-corrected chi connectivity index (χ1v) is 9.12. The Morgan fingerprint density at radius 3 is 2.50 bits per heavy atom. The Morgan fingerprint density at radius 1 is 1.17 bits per heavy atom. The van der Waals surface area contributed by atoms with Crippen molar-refractivity contribution in [2.24, 2.45) is 4.99 Å². The van der Waals surface area contributed by atoms with Crippen molar-refractivity contribution in [3.63, 3.8) is 0 Å². The van der Waals surface area contributed by atoms with Gasteiger partial charge < -0.3 is 15.4 Å². The summed E-state index contributed by atoms with van der Waals surface area (Å²) in [7, 11) is 1.68. The van der Waals surface area contributed by atoms with Crippen LogP contribution < -0.4 is 15.4 Å². The lowest BCUT2D eigenvalue weighted by Crippen LogP contribution is -2.43. The van der Waals surface area contributed by atoms with E-state index in [0.717, 1.165) is 30.4 Å². The summed E-state index contributed by atoms with van der Waals surface area (Å²) in [5.41, 5.74) is 1.23. The number of thiophene rings is 1. The van der Waals surface area contributed by atoms with Crippen LogP contribution in [0.2, 0.25) is 0 Å². The molecule has 0 aliphatic rings. The van der Waals surface area contributed by atoms with Gasteiger partial charge in [-0.3, -0.25) is 0 Å². The second kappa shape index (κ2) is 8.73. The Balaban J connectivity index is 1.97. The summed E-state index contributed by atoms with van der Waals surface area (Å²) in [6, 6.07) is 12.3. The highest BCUT2D eigenvalue weighted by atomic mass is 32.1. The highest BCUT2D eigenvalue weighted by Crippen LogP contribution is 2.26. The van der Waals surface area contributed by atoms with Gasteiger partial charge in [0.15, 0.2) is 5.96 Å². The van der Waals surface area contributed by atoms with Crippen LogP contribution in [0.1, 0.15) is 31.2 Å². The molecule has 24 heavy (non-hydrogen) atoms. The number of guanidine groups is 1. The molecule has 0 saturated carbocycles. The number of rotatable bonds is 7. The molecule has 0 radical (unpaired) electrons. The number of methoxy groups -OCH3 is 1. The maximum absolute atomic E-state index is 5.19. The van der Waals surface area contributed by atoms with Crippen LogP contribution >= 0.6 is 11.3 Å². The quantitative estimate of drug-likeness (QED) is 0.593. The molecule has 1 aromatic heterocycles. The molecule has 0 aliphatic carbocycles. The molecule has 0 bridgehead atoms. The molecular formula is C19H27N3OS. The molecule has 0 aliphatic heterocycles. The average molecular weight is 346 g/mol. The van der Waals surface area contributed by atoms with Crippen molar-refractivity contribution < 1.29 is 4.74 Å². The van der Waals surface area contributed by atoms with Crippen LogP contribution in [0.3, 0.4) is 0 Å². The maximum atomic E-state index is 5.19. The summed E-state index contributed by atoms with van der Waals surface area (Å²) >= 11 is 1.80. The van der Waals surface area contributed by atoms with Crippen LogP contribution in [-0.4, -0.2) is 26.2 Å². The highest BCUT2D eigenvalue weighted by molar-refractivity contribution is 7.10. The first-order valence-electron chi connectivity index (χ1n) is 8.24. The van der Waals surface area contributed by atoms with Gasteiger partial charge in [-0.1, -0.05) is 32.0 Å². The summed E-state index contributed by atoms with van der Waals surface area (Å²) in [4.78, 5) is 6.06.